The lowest BCUT2D eigenvalue weighted by atomic mass is 10.0. The molecule has 492 valence electrons. The number of ether oxygens (including phenoxy) is 1. The molecule has 84 heavy (non-hydrogen) atoms. The van der Waals surface area contributed by atoms with Gasteiger partial charge in [0.25, 0.3) is 0 Å². The van der Waals surface area contributed by atoms with E-state index in [-0.39, 0.29) is 18.5 Å². The molecule has 0 aromatic carbocycles. The van der Waals surface area contributed by atoms with Crippen LogP contribution in [0.15, 0.2) is 60.8 Å². The Morgan fingerprint density at radius 2 is 0.595 bits per heavy atom. The van der Waals surface area contributed by atoms with E-state index in [1.807, 2.05) is 6.08 Å². The summed E-state index contributed by atoms with van der Waals surface area (Å²) in [7, 11) is 0. The van der Waals surface area contributed by atoms with Crippen LogP contribution in [-0.4, -0.2) is 47.4 Å². The number of amides is 1. The normalized spacial score (nSPS) is 12.9. The summed E-state index contributed by atoms with van der Waals surface area (Å²) in [5.74, 6) is -0.0551. The van der Waals surface area contributed by atoms with Crippen molar-refractivity contribution < 1.29 is 24.5 Å². The van der Waals surface area contributed by atoms with Gasteiger partial charge < -0.3 is 20.3 Å². The van der Waals surface area contributed by atoms with Gasteiger partial charge in [0.2, 0.25) is 5.91 Å². The van der Waals surface area contributed by atoms with E-state index < -0.39 is 12.1 Å². The highest BCUT2D eigenvalue weighted by molar-refractivity contribution is 5.76. The number of hydrogen-bond donors (Lipinski definition) is 3. The number of hydrogen-bond acceptors (Lipinski definition) is 5. The molecular formula is C78H145NO5. The van der Waals surface area contributed by atoms with Crippen LogP contribution in [0.5, 0.6) is 0 Å². The van der Waals surface area contributed by atoms with Crippen LogP contribution in [0.2, 0.25) is 0 Å². The topological polar surface area (TPSA) is 95.9 Å². The average molecular weight is 1180 g/mol. The van der Waals surface area contributed by atoms with Crippen LogP contribution in [0.1, 0.15) is 399 Å². The van der Waals surface area contributed by atoms with Crippen molar-refractivity contribution in [2.24, 2.45) is 0 Å². The van der Waals surface area contributed by atoms with Gasteiger partial charge in [-0.25, -0.2) is 0 Å². The number of aliphatic hydroxyl groups excluding tert-OH is 2. The Morgan fingerprint density at radius 1 is 0.333 bits per heavy atom. The summed E-state index contributed by atoms with van der Waals surface area (Å²) in [6.45, 7) is 4.90. The van der Waals surface area contributed by atoms with Crippen molar-refractivity contribution in [3.8, 4) is 0 Å². The fourth-order valence-corrected chi connectivity index (χ4v) is 11.5. The molecule has 0 saturated heterocycles. The molecule has 2 unspecified atom stereocenters. The van der Waals surface area contributed by atoms with E-state index in [4.69, 9.17) is 4.74 Å². The van der Waals surface area contributed by atoms with Gasteiger partial charge in [-0.15, -0.1) is 0 Å². The number of allylic oxidation sites excluding steroid dienone is 9. The van der Waals surface area contributed by atoms with Crippen molar-refractivity contribution in [1.29, 1.82) is 0 Å². The Kier molecular flexibility index (Phi) is 70.9. The maximum atomic E-state index is 12.5. The Hall–Kier alpha value is -2.44. The third-order valence-corrected chi connectivity index (χ3v) is 17.3. The highest BCUT2D eigenvalue weighted by Gasteiger charge is 2.18. The van der Waals surface area contributed by atoms with Crippen LogP contribution in [0, 0.1) is 0 Å². The van der Waals surface area contributed by atoms with Crippen molar-refractivity contribution in [3.05, 3.63) is 60.8 Å². The first kappa shape index (κ1) is 81.6. The molecule has 0 fully saturated rings. The second-order valence-electron chi connectivity index (χ2n) is 25.6. The van der Waals surface area contributed by atoms with E-state index in [1.165, 1.54) is 315 Å². The molecule has 2 atom stereocenters. The summed E-state index contributed by atoms with van der Waals surface area (Å²) >= 11 is 0. The molecule has 0 rings (SSSR count). The highest BCUT2D eigenvalue weighted by Crippen LogP contribution is 2.18. The van der Waals surface area contributed by atoms with Crippen LogP contribution < -0.4 is 5.32 Å². The molecule has 1 amide bonds. The quantitative estimate of drug-likeness (QED) is 0.0320. The van der Waals surface area contributed by atoms with Crippen molar-refractivity contribution in [1.82, 2.24) is 5.32 Å². The zero-order valence-corrected chi connectivity index (χ0v) is 56.4. The van der Waals surface area contributed by atoms with Crippen molar-refractivity contribution in [2.45, 2.75) is 411 Å². The molecule has 6 heteroatoms. The Morgan fingerprint density at radius 3 is 0.917 bits per heavy atom. The van der Waals surface area contributed by atoms with E-state index in [9.17, 15) is 19.8 Å². The predicted octanol–water partition coefficient (Wildman–Crippen LogP) is 24.6. The number of nitrogens with one attached hydrogen (secondary N) is 1. The van der Waals surface area contributed by atoms with E-state index in [0.717, 1.165) is 57.8 Å². The van der Waals surface area contributed by atoms with Gasteiger partial charge in [-0.1, -0.05) is 351 Å². The zero-order chi connectivity index (χ0) is 60.6. The third kappa shape index (κ3) is 68.7. The third-order valence-electron chi connectivity index (χ3n) is 17.3. The highest BCUT2D eigenvalue weighted by atomic mass is 16.5. The predicted molar refractivity (Wildman–Crippen MR) is 370 cm³/mol. The van der Waals surface area contributed by atoms with E-state index in [0.29, 0.717) is 19.4 Å². The first-order valence-corrected chi connectivity index (χ1v) is 37.6. The van der Waals surface area contributed by atoms with E-state index in [1.54, 1.807) is 6.08 Å². The Bertz CT molecular complexity index is 1450. The molecule has 0 aliphatic rings. The van der Waals surface area contributed by atoms with Gasteiger partial charge in [0.15, 0.2) is 0 Å². The lowest BCUT2D eigenvalue weighted by Gasteiger charge is -2.20. The Labute approximate surface area is 524 Å². The summed E-state index contributed by atoms with van der Waals surface area (Å²) in [6, 6.07) is -0.626. The minimum Gasteiger partial charge on any atom is -0.466 e. The zero-order valence-electron chi connectivity index (χ0n) is 56.4. The van der Waals surface area contributed by atoms with E-state index >= 15 is 0 Å². The molecule has 0 bridgehead atoms. The summed E-state index contributed by atoms with van der Waals surface area (Å²) in [5.41, 5.74) is 0. The molecule has 0 saturated carbocycles. The largest absolute Gasteiger partial charge is 0.466 e. The van der Waals surface area contributed by atoms with Gasteiger partial charge in [-0.3, -0.25) is 9.59 Å². The van der Waals surface area contributed by atoms with Gasteiger partial charge in [0, 0.05) is 12.8 Å². The molecule has 0 aromatic rings. The first-order valence-electron chi connectivity index (χ1n) is 37.6. The number of carbonyl (C=O) groups excluding carboxylic acids is 2. The maximum absolute atomic E-state index is 12.5. The van der Waals surface area contributed by atoms with Crippen LogP contribution in [0.3, 0.4) is 0 Å². The summed E-state index contributed by atoms with van der Waals surface area (Å²) in [6.07, 6.45) is 97.5. The van der Waals surface area contributed by atoms with Crippen molar-refractivity contribution in [3.63, 3.8) is 0 Å². The summed E-state index contributed by atoms with van der Waals surface area (Å²) in [5, 5.41) is 23.2. The first-order chi connectivity index (χ1) is 41.5. The number of carbonyl (C=O) groups is 2. The molecule has 3 N–H and O–H groups in total. The standard InChI is InChI=1S/C78H145NO5/c1-3-5-7-9-11-13-15-17-19-20-41-44-48-52-56-60-64-68-72-78(83)84-73-69-65-61-57-53-49-45-42-39-37-35-33-31-29-27-25-23-21-22-24-26-28-30-32-34-36-38-40-43-47-51-55-59-63-67-71-77(82)79-75(74-80)76(81)70-66-62-58-54-50-46-18-16-14-12-10-8-6-4-2/h13,15,19-20,23,25,29,31,66,70,75-76,80-81H,3-12,14,16-18,21-22,24,26-28,30,32-65,67-69,71-74H2,1-2H3,(H,79,82)/b15-13-,20-19-,25-23-,31-29-,70-66+. The number of esters is 1. The van der Waals surface area contributed by atoms with Crippen molar-refractivity contribution in [2.75, 3.05) is 13.2 Å². The molecule has 0 heterocycles. The van der Waals surface area contributed by atoms with E-state index in [2.05, 4.69) is 67.8 Å². The van der Waals surface area contributed by atoms with Crippen LogP contribution in [-0.2, 0) is 14.3 Å². The lowest BCUT2D eigenvalue weighted by molar-refractivity contribution is -0.143. The van der Waals surface area contributed by atoms with Gasteiger partial charge >= 0.3 is 5.97 Å². The fourth-order valence-electron chi connectivity index (χ4n) is 11.5. The molecule has 0 aliphatic carbocycles. The second-order valence-corrected chi connectivity index (χ2v) is 25.6. The van der Waals surface area contributed by atoms with Crippen LogP contribution in [0.4, 0.5) is 0 Å². The Balaban J connectivity index is 3.38. The summed E-state index contributed by atoms with van der Waals surface area (Å²) < 4.78 is 5.50. The SMILES string of the molecule is CCCCCC/C=C\C/C=C\CCCCCCCCCC(=O)OCCCCCCCCCCCCC/C=C\C/C=C\CCCCCCCCCCCCCCCCCCCC(=O)NC(CO)C(O)/C=C/CCCCCCCCCCCCCC. The van der Waals surface area contributed by atoms with Gasteiger partial charge in [0.05, 0.1) is 25.4 Å². The van der Waals surface area contributed by atoms with Gasteiger partial charge in [-0.2, -0.15) is 0 Å². The van der Waals surface area contributed by atoms with Crippen LogP contribution in [0.25, 0.3) is 0 Å². The number of aliphatic hydroxyl groups is 2. The second kappa shape index (κ2) is 73.0. The molecule has 0 aromatic heterocycles. The van der Waals surface area contributed by atoms with Gasteiger partial charge in [0.1, 0.15) is 0 Å². The van der Waals surface area contributed by atoms with Crippen molar-refractivity contribution >= 4 is 11.9 Å². The molecule has 0 radical (unpaired) electrons. The van der Waals surface area contributed by atoms with Crippen LogP contribution >= 0.6 is 0 Å². The molecule has 0 aliphatic heterocycles. The molecule has 0 spiro atoms. The van der Waals surface area contributed by atoms with Gasteiger partial charge in [-0.05, 0) is 96.3 Å². The minimum atomic E-state index is -0.843. The fraction of sp³-hybridized carbons (Fsp3) is 0.846. The molecular weight excluding hydrogens is 1030 g/mol. The minimum absolute atomic E-state index is 0.00921. The smallest absolute Gasteiger partial charge is 0.305 e. The average Bonchev–Trinajstić information content (AvgIpc) is 3.54. The number of unbranched alkanes of at least 4 members (excludes halogenated alkanes) is 51. The number of rotatable bonds is 70. The maximum Gasteiger partial charge on any atom is 0.305 e. The summed E-state index contributed by atoms with van der Waals surface area (Å²) in [4.78, 5) is 24.6. The monoisotopic (exact) mass is 1180 g/mol. The molecule has 6 nitrogen and oxygen atoms in total. The lowest BCUT2D eigenvalue weighted by Crippen LogP contribution is -2.45.